The molecule has 7 heteroatoms. The summed E-state index contributed by atoms with van der Waals surface area (Å²) in [5, 5.41) is 8.88. The SMILES string of the molecule is CN=C(NCC(=O)N(C)C)N1CCC(n2ncc3ccccc32)C1. The van der Waals surface area contributed by atoms with Gasteiger partial charge in [-0.3, -0.25) is 14.5 Å². The lowest BCUT2D eigenvalue weighted by molar-refractivity contribution is -0.127. The average molecular weight is 328 g/mol. The van der Waals surface area contributed by atoms with Crippen molar-refractivity contribution in [1.82, 2.24) is 24.9 Å². The molecule has 1 aromatic heterocycles. The standard InChI is InChI=1S/C17H24N6O/c1-18-17(19-11-16(24)21(2)3)22-9-8-14(12-22)23-15-7-5-4-6-13(15)10-20-23/h4-7,10,14H,8-9,11-12H2,1-3H3,(H,18,19). The van der Waals surface area contributed by atoms with Crippen molar-refractivity contribution in [3.05, 3.63) is 30.5 Å². The topological polar surface area (TPSA) is 65.8 Å². The molecule has 1 unspecified atom stereocenters. The van der Waals surface area contributed by atoms with Crippen LogP contribution in [0.3, 0.4) is 0 Å². The summed E-state index contributed by atoms with van der Waals surface area (Å²) in [5.74, 6) is 0.800. The molecule has 1 fully saturated rings. The van der Waals surface area contributed by atoms with E-state index < -0.39 is 0 Å². The van der Waals surface area contributed by atoms with E-state index in [0.29, 0.717) is 6.04 Å². The van der Waals surface area contributed by atoms with E-state index in [0.717, 1.165) is 36.4 Å². The third kappa shape index (κ3) is 3.20. The highest BCUT2D eigenvalue weighted by Crippen LogP contribution is 2.25. The number of benzene rings is 1. The summed E-state index contributed by atoms with van der Waals surface area (Å²) >= 11 is 0. The minimum Gasteiger partial charge on any atom is -0.347 e. The van der Waals surface area contributed by atoms with Crippen molar-refractivity contribution >= 4 is 22.8 Å². The monoisotopic (exact) mass is 328 g/mol. The Balaban J connectivity index is 1.67. The lowest BCUT2D eigenvalue weighted by atomic mass is 10.2. The molecule has 0 saturated carbocycles. The summed E-state index contributed by atoms with van der Waals surface area (Å²) in [5.41, 5.74) is 1.16. The lowest BCUT2D eigenvalue weighted by Gasteiger charge is -2.22. The van der Waals surface area contributed by atoms with Gasteiger partial charge in [-0.2, -0.15) is 5.10 Å². The molecule has 128 valence electrons. The number of rotatable bonds is 3. The second-order valence-electron chi connectivity index (χ2n) is 6.23. The minimum atomic E-state index is 0.0324. The zero-order valence-corrected chi connectivity index (χ0v) is 14.4. The minimum absolute atomic E-state index is 0.0324. The summed E-state index contributed by atoms with van der Waals surface area (Å²) in [7, 11) is 5.25. The third-order valence-electron chi connectivity index (χ3n) is 4.42. The Kier molecular flexibility index (Phi) is 4.69. The number of carbonyl (C=O) groups is 1. The Morgan fingerprint density at radius 1 is 1.42 bits per heavy atom. The molecule has 1 atom stereocenters. The predicted octanol–water partition coefficient (Wildman–Crippen LogP) is 0.947. The van der Waals surface area contributed by atoms with E-state index in [4.69, 9.17) is 0 Å². The first-order chi connectivity index (χ1) is 11.6. The first kappa shape index (κ1) is 16.3. The van der Waals surface area contributed by atoms with Gasteiger partial charge in [-0.25, -0.2) is 0 Å². The molecule has 3 rings (SSSR count). The van der Waals surface area contributed by atoms with Crippen molar-refractivity contribution in [2.75, 3.05) is 40.8 Å². The number of carbonyl (C=O) groups excluding carboxylic acids is 1. The van der Waals surface area contributed by atoms with Crippen molar-refractivity contribution < 1.29 is 4.79 Å². The fourth-order valence-corrected chi connectivity index (χ4v) is 3.06. The van der Waals surface area contributed by atoms with Crippen LogP contribution in [-0.2, 0) is 4.79 Å². The smallest absolute Gasteiger partial charge is 0.241 e. The van der Waals surface area contributed by atoms with E-state index in [-0.39, 0.29) is 12.5 Å². The summed E-state index contributed by atoms with van der Waals surface area (Å²) < 4.78 is 2.10. The Hall–Kier alpha value is -2.57. The van der Waals surface area contributed by atoms with Crippen LogP contribution in [0.1, 0.15) is 12.5 Å². The molecule has 0 spiro atoms. The van der Waals surface area contributed by atoms with Crippen LogP contribution in [-0.4, -0.2) is 72.2 Å². The second-order valence-corrected chi connectivity index (χ2v) is 6.23. The number of para-hydroxylation sites is 1. The van der Waals surface area contributed by atoms with Crippen LogP contribution in [0.15, 0.2) is 35.5 Å². The molecule has 2 heterocycles. The van der Waals surface area contributed by atoms with Crippen LogP contribution in [0.2, 0.25) is 0 Å². The Bertz CT molecular complexity index is 750. The van der Waals surface area contributed by atoms with E-state index >= 15 is 0 Å². The fourth-order valence-electron chi connectivity index (χ4n) is 3.06. The Labute approximate surface area is 141 Å². The van der Waals surface area contributed by atoms with Gasteiger partial charge in [-0.05, 0) is 12.5 Å². The first-order valence-electron chi connectivity index (χ1n) is 8.18. The molecular formula is C17H24N6O. The van der Waals surface area contributed by atoms with Crippen LogP contribution in [0.4, 0.5) is 0 Å². The number of amides is 1. The maximum atomic E-state index is 11.8. The normalized spacial score (nSPS) is 18.2. The van der Waals surface area contributed by atoms with Gasteiger partial charge in [0.05, 0.1) is 24.3 Å². The average Bonchev–Trinajstić information content (AvgIpc) is 3.21. The summed E-state index contributed by atoms with van der Waals surface area (Å²) in [6.45, 7) is 1.99. The number of likely N-dealkylation sites (N-methyl/N-ethyl adjacent to an activating group) is 1. The van der Waals surface area contributed by atoms with Crippen LogP contribution in [0.25, 0.3) is 10.9 Å². The zero-order valence-electron chi connectivity index (χ0n) is 14.4. The van der Waals surface area contributed by atoms with E-state index in [9.17, 15) is 4.79 Å². The van der Waals surface area contributed by atoms with E-state index in [2.05, 4.69) is 37.1 Å². The molecule has 0 aliphatic carbocycles. The molecule has 1 saturated heterocycles. The third-order valence-corrected chi connectivity index (χ3v) is 4.42. The van der Waals surface area contributed by atoms with Gasteiger partial charge in [-0.15, -0.1) is 0 Å². The number of aromatic nitrogens is 2. The van der Waals surface area contributed by atoms with Crippen LogP contribution in [0.5, 0.6) is 0 Å². The first-order valence-corrected chi connectivity index (χ1v) is 8.18. The van der Waals surface area contributed by atoms with E-state index in [1.807, 2.05) is 18.3 Å². The van der Waals surface area contributed by atoms with Gasteiger partial charge < -0.3 is 15.1 Å². The number of nitrogens with one attached hydrogen (secondary N) is 1. The van der Waals surface area contributed by atoms with Crippen molar-refractivity contribution in [3.8, 4) is 0 Å². The maximum absolute atomic E-state index is 11.8. The quantitative estimate of drug-likeness (QED) is 0.673. The van der Waals surface area contributed by atoms with Gasteiger partial charge >= 0.3 is 0 Å². The molecule has 1 aliphatic heterocycles. The zero-order chi connectivity index (χ0) is 17.1. The van der Waals surface area contributed by atoms with Crippen molar-refractivity contribution in [2.45, 2.75) is 12.5 Å². The molecule has 1 N–H and O–H groups in total. The van der Waals surface area contributed by atoms with Gasteiger partial charge in [-0.1, -0.05) is 18.2 Å². The molecular weight excluding hydrogens is 304 g/mol. The second kappa shape index (κ2) is 6.90. The van der Waals surface area contributed by atoms with Crippen LogP contribution >= 0.6 is 0 Å². The number of likely N-dealkylation sites (tertiary alicyclic amines) is 1. The Morgan fingerprint density at radius 3 is 2.96 bits per heavy atom. The number of guanidine groups is 1. The fraction of sp³-hybridized carbons (Fsp3) is 0.471. The molecule has 24 heavy (non-hydrogen) atoms. The molecule has 0 radical (unpaired) electrons. The molecule has 1 aliphatic rings. The summed E-state index contributed by atoms with van der Waals surface area (Å²) in [4.78, 5) is 19.8. The highest BCUT2D eigenvalue weighted by atomic mass is 16.2. The predicted molar refractivity (Wildman–Crippen MR) is 95.0 cm³/mol. The van der Waals surface area contributed by atoms with E-state index in [1.165, 1.54) is 0 Å². The molecule has 7 nitrogen and oxygen atoms in total. The largest absolute Gasteiger partial charge is 0.347 e. The maximum Gasteiger partial charge on any atom is 0.241 e. The van der Waals surface area contributed by atoms with Crippen LogP contribution in [0, 0.1) is 0 Å². The molecule has 0 bridgehead atoms. The van der Waals surface area contributed by atoms with Gasteiger partial charge in [0, 0.05) is 39.6 Å². The number of nitrogens with zero attached hydrogens (tertiary/aromatic N) is 5. The van der Waals surface area contributed by atoms with Gasteiger partial charge in [0.25, 0.3) is 0 Å². The molecule has 2 aromatic rings. The van der Waals surface area contributed by atoms with Crippen molar-refractivity contribution in [2.24, 2.45) is 4.99 Å². The Morgan fingerprint density at radius 2 is 2.21 bits per heavy atom. The number of aliphatic imine (C=N–C) groups is 1. The van der Waals surface area contributed by atoms with E-state index in [1.54, 1.807) is 26.0 Å². The van der Waals surface area contributed by atoms with Crippen molar-refractivity contribution in [3.63, 3.8) is 0 Å². The summed E-state index contributed by atoms with van der Waals surface area (Å²) in [6, 6.07) is 8.57. The summed E-state index contributed by atoms with van der Waals surface area (Å²) in [6.07, 6.45) is 2.93. The van der Waals surface area contributed by atoms with Gasteiger partial charge in [0.1, 0.15) is 0 Å². The van der Waals surface area contributed by atoms with Gasteiger partial charge in [0.15, 0.2) is 5.96 Å². The van der Waals surface area contributed by atoms with Gasteiger partial charge in [0.2, 0.25) is 5.91 Å². The highest BCUT2D eigenvalue weighted by molar-refractivity contribution is 5.86. The number of hydrogen-bond acceptors (Lipinski definition) is 3. The molecule has 1 amide bonds. The number of fused-ring (bicyclic) bond motifs is 1. The highest BCUT2D eigenvalue weighted by Gasteiger charge is 2.27. The van der Waals surface area contributed by atoms with Crippen LogP contribution < -0.4 is 5.32 Å². The van der Waals surface area contributed by atoms with Crippen molar-refractivity contribution in [1.29, 1.82) is 0 Å². The molecule has 1 aromatic carbocycles. The lowest BCUT2D eigenvalue weighted by Crippen LogP contribution is -2.44. The number of hydrogen-bond donors (Lipinski definition) is 1.